The van der Waals surface area contributed by atoms with Gasteiger partial charge in [0.05, 0.1) is 22.3 Å². The summed E-state index contributed by atoms with van der Waals surface area (Å²) in [5, 5.41) is 0.851. The van der Waals surface area contributed by atoms with Gasteiger partial charge in [0.1, 0.15) is 10.8 Å². The number of fused-ring (bicyclic) bond motifs is 1. The second kappa shape index (κ2) is 6.14. The smallest absolute Gasteiger partial charge is 0.255 e. The van der Waals surface area contributed by atoms with Gasteiger partial charge in [-0.3, -0.25) is 4.79 Å². The van der Waals surface area contributed by atoms with Crippen molar-refractivity contribution in [2.45, 2.75) is 6.54 Å². The van der Waals surface area contributed by atoms with Crippen LogP contribution in [-0.4, -0.2) is 22.8 Å². The van der Waals surface area contributed by atoms with Gasteiger partial charge in [0.15, 0.2) is 0 Å². The third-order valence-electron chi connectivity index (χ3n) is 3.22. The van der Waals surface area contributed by atoms with E-state index < -0.39 is 5.82 Å². The Kier molecular flexibility index (Phi) is 4.22. The fourth-order valence-electron chi connectivity index (χ4n) is 2.13. The number of halogens is 2. The Morgan fingerprint density at radius 1 is 1.32 bits per heavy atom. The first-order valence-electron chi connectivity index (χ1n) is 6.59. The highest BCUT2D eigenvalue weighted by Crippen LogP contribution is 2.24. The van der Waals surface area contributed by atoms with E-state index in [-0.39, 0.29) is 5.91 Å². The Morgan fingerprint density at radius 3 is 2.86 bits per heavy atom. The van der Waals surface area contributed by atoms with Crippen molar-refractivity contribution in [1.82, 2.24) is 9.88 Å². The minimum absolute atomic E-state index is 0.245. The maximum Gasteiger partial charge on any atom is 0.255 e. The van der Waals surface area contributed by atoms with E-state index in [1.54, 1.807) is 18.4 Å². The number of amides is 1. The van der Waals surface area contributed by atoms with Gasteiger partial charge in [-0.15, -0.1) is 11.3 Å². The summed E-state index contributed by atoms with van der Waals surface area (Å²) in [5.41, 5.74) is 1.24. The van der Waals surface area contributed by atoms with Crippen molar-refractivity contribution in [2.24, 2.45) is 0 Å². The Bertz CT molecular complexity index is 816. The lowest BCUT2D eigenvalue weighted by molar-refractivity contribution is 0.0783. The molecule has 3 rings (SSSR count). The van der Waals surface area contributed by atoms with Crippen LogP contribution in [0.1, 0.15) is 15.4 Å². The lowest BCUT2D eigenvalue weighted by Gasteiger charge is -2.16. The van der Waals surface area contributed by atoms with E-state index in [1.165, 1.54) is 23.1 Å². The molecule has 3 aromatic rings. The number of thiazole rings is 1. The molecule has 0 N–H and O–H groups in total. The molecular weight excluding hydrogens is 367 g/mol. The molecule has 1 amide bonds. The quantitative estimate of drug-likeness (QED) is 0.673. The fourth-order valence-corrected chi connectivity index (χ4v) is 3.57. The van der Waals surface area contributed by atoms with Crippen molar-refractivity contribution >= 4 is 43.4 Å². The number of para-hydroxylation sites is 1. The van der Waals surface area contributed by atoms with Crippen LogP contribution in [0.3, 0.4) is 0 Å². The highest BCUT2D eigenvalue weighted by Gasteiger charge is 2.17. The zero-order chi connectivity index (χ0) is 15.7. The number of hydrogen-bond donors (Lipinski definition) is 0. The van der Waals surface area contributed by atoms with E-state index in [9.17, 15) is 9.18 Å². The zero-order valence-electron chi connectivity index (χ0n) is 11.7. The van der Waals surface area contributed by atoms with Crippen molar-refractivity contribution in [3.05, 3.63) is 63.3 Å². The van der Waals surface area contributed by atoms with Crippen LogP contribution in [-0.2, 0) is 6.54 Å². The van der Waals surface area contributed by atoms with Crippen LogP contribution in [0.25, 0.3) is 10.2 Å². The molecule has 0 saturated carbocycles. The lowest BCUT2D eigenvalue weighted by Crippen LogP contribution is -2.26. The van der Waals surface area contributed by atoms with E-state index in [4.69, 9.17) is 0 Å². The van der Waals surface area contributed by atoms with Crippen LogP contribution < -0.4 is 0 Å². The minimum atomic E-state index is -0.431. The predicted molar refractivity (Wildman–Crippen MR) is 89.5 cm³/mol. The predicted octanol–water partition coefficient (Wildman–Crippen LogP) is 4.47. The number of hydrogen-bond acceptors (Lipinski definition) is 3. The Balaban J connectivity index is 1.82. The molecule has 0 spiro atoms. The summed E-state index contributed by atoms with van der Waals surface area (Å²) in [6, 6.07) is 11.9. The van der Waals surface area contributed by atoms with Crippen molar-refractivity contribution < 1.29 is 9.18 Å². The minimum Gasteiger partial charge on any atom is -0.335 e. The van der Waals surface area contributed by atoms with Gasteiger partial charge >= 0.3 is 0 Å². The SMILES string of the molecule is CN(Cc1nc2ccccc2s1)C(=O)c1cc(F)ccc1Br. The van der Waals surface area contributed by atoms with E-state index in [0.717, 1.165) is 15.2 Å². The molecule has 0 radical (unpaired) electrons. The van der Waals surface area contributed by atoms with E-state index in [2.05, 4.69) is 20.9 Å². The van der Waals surface area contributed by atoms with Gasteiger partial charge in [-0.25, -0.2) is 9.37 Å². The average molecular weight is 379 g/mol. The molecule has 0 aliphatic carbocycles. The van der Waals surface area contributed by atoms with Gasteiger partial charge in [-0.05, 0) is 46.3 Å². The first-order valence-corrected chi connectivity index (χ1v) is 8.20. The van der Waals surface area contributed by atoms with Gasteiger partial charge < -0.3 is 4.90 Å². The summed E-state index contributed by atoms with van der Waals surface area (Å²) < 4.78 is 15.0. The largest absolute Gasteiger partial charge is 0.335 e. The topological polar surface area (TPSA) is 33.2 Å². The molecular formula is C16H12BrFN2OS. The number of aromatic nitrogens is 1. The molecule has 2 aromatic carbocycles. The van der Waals surface area contributed by atoms with Crippen LogP contribution in [0.15, 0.2) is 46.9 Å². The highest BCUT2D eigenvalue weighted by atomic mass is 79.9. The maximum absolute atomic E-state index is 13.3. The Labute approximate surface area is 139 Å². The van der Waals surface area contributed by atoms with Gasteiger partial charge in [-0.1, -0.05) is 12.1 Å². The van der Waals surface area contributed by atoms with Crippen LogP contribution in [0.4, 0.5) is 4.39 Å². The van der Waals surface area contributed by atoms with Crippen molar-refractivity contribution in [3.63, 3.8) is 0 Å². The normalized spacial score (nSPS) is 10.9. The fraction of sp³-hybridized carbons (Fsp3) is 0.125. The van der Waals surface area contributed by atoms with E-state index >= 15 is 0 Å². The summed E-state index contributed by atoms with van der Waals surface area (Å²) in [4.78, 5) is 18.5. The molecule has 6 heteroatoms. The van der Waals surface area contributed by atoms with Gasteiger partial charge in [0, 0.05) is 11.5 Å². The molecule has 0 unspecified atom stereocenters. The van der Waals surface area contributed by atoms with Gasteiger partial charge in [0.25, 0.3) is 5.91 Å². The number of nitrogens with zero attached hydrogens (tertiary/aromatic N) is 2. The molecule has 0 atom stereocenters. The standard InChI is InChI=1S/C16H12BrFN2OS/c1-20(16(21)11-8-10(18)6-7-12(11)17)9-15-19-13-4-2-3-5-14(13)22-15/h2-8H,9H2,1H3. The molecule has 112 valence electrons. The Hall–Kier alpha value is -1.79. The van der Waals surface area contributed by atoms with Crippen LogP contribution in [0, 0.1) is 5.82 Å². The van der Waals surface area contributed by atoms with Crippen molar-refractivity contribution in [1.29, 1.82) is 0 Å². The summed E-state index contributed by atoms with van der Waals surface area (Å²) >= 11 is 4.84. The molecule has 0 aliphatic heterocycles. The number of benzene rings is 2. The van der Waals surface area contributed by atoms with Gasteiger partial charge in [-0.2, -0.15) is 0 Å². The van der Waals surface area contributed by atoms with E-state index in [1.807, 2.05) is 24.3 Å². The molecule has 0 saturated heterocycles. The molecule has 22 heavy (non-hydrogen) atoms. The zero-order valence-corrected chi connectivity index (χ0v) is 14.1. The van der Waals surface area contributed by atoms with E-state index in [0.29, 0.717) is 16.6 Å². The summed E-state index contributed by atoms with van der Waals surface area (Å²) in [6.45, 7) is 0.390. The van der Waals surface area contributed by atoms with Crippen molar-refractivity contribution in [3.8, 4) is 0 Å². The summed E-state index contributed by atoms with van der Waals surface area (Å²) in [7, 11) is 1.69. The first kappa shape index (κ1) is 15.1. The molecule has 0 aliphatic rings. The second-order valence-corrected chi connectivity index (χ2v) is 6.83. The summed E-state index contributed by atoms with van der Waals surface area (Å²) in [6.07, 6.45) is 0. The number of carbonyl (C=O) groups excluding carboxylic acids is 1. The maximum atomic E-state index is 13.3. The Morgan fingerprint density at radius 2 is 2.09 bits per heavy atom. The lowest BCUT2D eigenvalue weighted by atomic mass is 10.2. The molecule has 1 heterocycles. The third kappa shape index (κ3) is 3.03. The number of rotatable bonds is 3. The second-order valence-electron chi connectivity index (χ2n) is 4.86. The third-order valence-corrected chi connectivity index (χ3v) is 4.93. The number of carbonyl (C=O) groups is 1. The van der Waals surface area contributed by atoms with Crippen LogP contribution in [0.5, 0.6) is 0 Å². The van der Waals surface area contributed by atoms with Crippen molar-refractivity contribution in [2.75, 3.05) is 7.05 Å². The molecule has 1 aromatic heterocycles. The monoisotopic (exact) mass is 378 g/mol. The van der Waals surface area contributed by atoms with Crippen LogP contribution in [0.2, 0.25) is 0 Å². The van der Waals surface area contributed by atoms with Gasteiger partial charge in [0.2, 0.25) is 0 Å². The molecule has 3 nitrogen and oxygen atoms in total. The average Bonchev–Trinajstić information content (AvgIpc) is 2.91. The highest BCUT2D eigenvalue weighted by molar-refractivity contribution is 9.10. The van der Waals surface area contributed by atoms with Crippen LogP contribution >= 0.6 is 27.3 Å². The first-order chi connectivity index (χ1) is 10.5. The molecule has 0 bridgehead atoms. The molecule has 0 fully saturated rings. The summed E-state index contributed by atoms with van der Waals surface area (Å²) in [5.74, 6) is -0.675.